The minimum absolute atomic E-state index is 0.0112. The number of nitrogens with one attached hydrogen (secondary N) is 1. The Morgan fingerprint density at radius 3 is 2.55 bits per heavy atom. The summed E-state index contributed by atoms with van der Waals surface area (Å²) in [5, 5.41) is 3.15. The first-order chi connectivity index (χ1) is 13.4. The molecule has 1 fully saturated rings. The topological polar surface area (TPSA) is 80.8 Å². The van der Waals surface area contributed by atoms with Crippen molar-refractivity contribution >= 4 is 12.0 Å². The van der Waals surface area contributed by atoms with Crippen LogP contribution in [-0.4, -0.2) is 53.2 Å². The maximum atomic E-state index is 12.9. The summed E-state index contributed by atoms with van der Waals surface area (Å²) < 4.78 is 11.2. The van der Waals surface area contributed by atoms with E-state index in [1.807, 2.05) is 60.6 Å². The number of amides is 2. The molecule has 0 aliphatic carbocycles. The van der Waals surface area contributed by atoms with E-state index in [9.17, 15) is 9.59 Å². The molecule has 1 aromatic rings. The average Bonchev–Trinajstić information content (AvgIpc) is 2.61. The van der Waals surface area contributed by atoms with Gasteiger partial charge in [0.25, 0.3) is 0 Å². The predicted molar refractivity (Wildman–Crippen MR) is 112 cm³/mol. The lowest BCUT2D eigenvalue weighted by molar-refractivity contribution is -0.132. The van der Waals surface area contributed by atoms with Crippen LogP contribution in [-0.2, 0) is 9.53 Å². The third kappa shape index (κ3) is 6.61. The lowest BCUT2D eigenvalue weighted by atomic mass is 9.89. The summed E-state index contributed by atoms with van der Waals surface area (Å²) >= 11 is 0. The lowest BCUT2D eigenvalue weighted by Gasteiger charge is -2.39. The molecule has 2 atom stereocenters. The van der Waals surface area contributed by atoms with Crippen LogP contribution < -0.4 is 10.1 Å². The van der Waals surface area contributed by atoms with E-state index in [0.717, 1.165) is 5.56 Å². The van der Waals surface area contributed by atoms with E-state index in [2.05, 4.69) is 10.3 Å². The van der Waals surface area contributed by atoms with E-state index in [0.29, 0.717) is 25.4 Å². The van der Waals surface area contributed by atoms with Gasteiger partial charge in [-0.2, -0.15) is 0 Å². The van der Waals surface area contributed by atoms with Crippen LogP contribution >= 0.6 is 0 Å². The first kappa shape index (κ1) is 23.0. The SMILES string of the molecule is Cc1cccnc1OCC(C)(C)C(=O)NC1CCN(C(=O)OC(C)(C)C)CC1C. The molecule has 2 heterocycles. The van der Waals surface area contributed by atoms with Gasteiger partial charge in [0.1, 0.15) is 12.2 Å². The number of carbonyl (C=O) groups is 2. The normalized spacial score (nSPS) is 20.2. The number of aromatic nitrogens is 1. The Bertz CT molecular complexity index is 727. The summed E-state index contributed by atoms with van der Waals surface area (Å²) in [5.41, 5.74) is -0.278. The molecule has 0 radical (unpaired) electrons. The summed E-state index contributed by atoms with van der Waals surface area (Å²) in [6.07, 6.45) is 2.08. The van der Waals surface area contributed by atoms with Gasteiger partial charge < -0.3 is 19.7 Å². The fourth-order valence-electron chi connectivity index (χ4n) is 3.15. The second-order valence-corrected chi connectivity index (χ2v) is 9.57. The number of pyridine rings is 1. The summed E-state index contributed by atoms with van der Waals surface area (Å²) in [5.74, 6) is 0.621. The number of hydrogen-bond acceptors (Lipinski definition) is 5. The van der Waals surface area contributed by atoms with E-state index in [1.165, 1.54) is 0 Å². The zero-order valence-electron chi connectivity index (χ0n) is 18.7. The van der Waals surface area contributed by atoms with Gasteiger partial charge in [-0.1, -0.05) is 13.0 Å². The highest BCUT2D eigenvalue weighted by molar-refractivity contribution is 5.82. The molecule has 0 bridgehead atoms. The molecule has 0 spiro atoms. The number of ether oxygens (including phenoxy) is 2. The molecule has 2 unspecified atom stereocenters. The molecule has 29 heavy (non-hydrogen) atoms. The molecule has 0 saturated carbocycles. The Morgan fingerprint density at radius 1 is 1.28 bits per heavy atom. The van der Waals surface area contributed by atoms with E-state index >= 15 is 0 Å². The van der Waals surface area contributed by atoms with E-state index in [-0.39, 0.29) is 30.6 Å². The van der Waals surface area contributed by atoms with Gasteiger partial charge in [-0.3, -0.25) is 4.79 Å². The zero-order valence-corrected chi connectivity index (χ0v) is 18.7. The maximum Gasteiger partial charge on any atom is 0.410 e. The van der Waals surface area contributed by atoms with Gasteiger partial charge >= 0.3 is 6.09 Å². The fourth-order valence-corrected chi connectivity index (χ4v) is 3.15. The standard InChI is InChI=1S/C22H35N3O4/c1-15-9-8-11-23-18(15)28-14-22(6,7)19(26)24-17-10-12-25(13-16(17)2)20(27)29-21(3,4)5/h8-9,11,16-17H,10,12-14H2,1-7H3,(H,24,26). The second kappa shape index (κ2) is 9.01. The van der Waals surface area contributed by atoms with Gasteiger partial charge in [0, 0.05) is 30.9 Å². The van der Waals surface area contributed by atoms with Crippen molar-refractivity contribution in [2.45, 2.75) is 66.5 Å². The summed E-state index contributed by atoms with van der Waals surface area (Å²) in [6.45, 7) is 14.6. The molecule has 1 aliphatic heterocycles. The van der Waals surface area contributed by atoms with Crippen LogP contribution in [0.15, 0.2) is 18.3 Å². The second-order valence-electron chi connectivity index (χ2n) is 9.57. The molecule has 2 amide bonds. The minimum atomic E-state index is -0.702. The highest BCUT2D eigenvalue weighted by atomic mass is 16.6. The Hall–Kier alpha value is -2.31. The Labute approximate surface area is 174 Å². The van der Waals surface area contributed by atoms with Crippen molar-refractivity contribution in [3.63, 3.8) is 0 Å². The molecule has 1 saturated heterocycles. The van der Waals surface area contributed by atoms with Crippen molar-refractivity contribution in [2.75, 3.05) is 19.7 Å². The smallest absolute Gasteiger partial charge is 0.410 e. The monoisotopic (exact) mass is 405 g/mol. The van der Waals surface area contributed by atoms with E-state index in [4.69, 9.17) is 9.47 Å². The first-order valence-corrected chi connectivity index (χ1v) is 10.2. The van der Waals surface area contributed by atoms with Gasteiger partial charge in [-0.05, 0) is 59.9 Å². The van der Waals surface area contributed by atoms with Gasteiger partial charge in [0.2, 0.25) is 11.8 Å². The number of nitrogens with zero attached hydrogens (tertiary/aromatic N) is 2. The average molecular weight is 406 g/mol. The Kier molecular flexibility index (Phi) is 7.14. The number of carbonyl (C=O) groups excluding carboxylic acids is 2. The number of likely N-dealkylation sites (tertiary alicyclic amines) is 1. The van der Waals surface area contributed by atoms with E-state index in [1.54, 1.807) is 11.1 Å². The van der Waals surface area contributed by atoms with Crippen molar-refractivity contribution in [1.29, 1.82) is 0 Å². The van der Waals surface area contributed by atoms with Gasteiger partial charge in [0.05, 0.1) is 5.41 Å². The third-order valence-electron chi connectivity index (χ3n) is 5.02. The lowest BCUT2D eigenvalue weighted by Crippen LogP contribution is -2.54. The largest absolute Gasteiger partial charge is 0.476 e. The summed E-state index contributed by atoms with van der Waals surface area (Å²) in [7, 11) is 0. The molecule has 1 aromatic heterocycles. The van der Waals surface area contributed by atoms with Crippen LogP contribution in [0, 0.1) is 18.3 Å². The number of piperidine rings is 1. The van der Waals surface area contributed by atoms with Crippen molar-refractivity contribution in [3.8, 4) is 5.88 Å². The first-order valence-electron chi connectivity index (χ1n) is 10.2. The molecule has 0 aromatic carbocycles. The van der Waals surface area contributed by atoms with Crippen LogP contribution in [0.5, 0.6) is 5.88 Å². The molecule has 7 nitrogen and oxygen atoms in total. The Balaban J connectivity index is 1.88. The molecule has 162 valence electrons. The van der Waals surface area contributed by atoms with Crippen LogP contribution in [0.2, 0.25) is 0 Å². The van der Waals surface area contributed by atoms with Gasteiger partial charge in [-0.25, -0.2) is 9.78 Å². The van der Waals surface area contributed by atoms with Crippen molar-refractivity contribution in [2.24, 2.45) is 11.3 Å². The van der Waals surface area contributed by atoms with Crippen molar-refractivity contribution < 1.29 is 19.1 Å². The van der Waals surface area contributed by atoms with Crippen molar-refractivity contribution in [1.82, 2.24) is 15.2 Å². The van der Waals surface area contributed by atoms with Crippen LogP contribution in [0.3, 0.4) is 0 Å². The van der Waals surface area contributed by atoms with Crippen LogP contribution in [0.1, 0.15) is 53.5 Å². The molecular formula is C22H35N3O4. The maximum absolute atomic E-state index is 12.9. The highest BCUT2D eigenvalue weighted by Gasteiger charge is 2.36. The highest BCUT2D eigenvalue weighted by Crippen LogP contribution is 2.23. The van der Waals surface area contributed by atoms with Gasteiger partial charge in [-0.15, -0.1) is 0 Å². The molecule has 2 rings (SSSR count). The summed E-state index contributed by atoms with van der Waals surface area (Å²) in [4.78, 5) is 31.1. The van der Waals surface area contributed by atoms with Crippen molar-refractivity contribution in [3.05, 3.63) is 23.9 Å². The Morgan fingerprint density at radius 2 is 1.97 bits per heavy atom. The van der Waals surface area contributed by atoms with Crippen LogP contribution in [0.4, 0.5) is 4.79 Å². The molecule has 7 heteroatoms. The molecule has 1 aliphatic rings. The predicted octanol–water partition coefficient (Wildman–Crippen LogP) is 3.56. The quantitative estimate of drug-likeness (QED) is 0.810. The third-order valence-corrected chi connectivity index (χ3v) is 5.02. The minimum Gasteiger partial charge on any atom is -0.476 e. The fraction of sp³-hybridized carbons (Fsp3) is 0.682. The summed E-state index contributed by atoms with van der Waals surface area (Å²) in [6, 6.07) is 3.79. The van der Waals surface area contributed by atoms with E-state index < -0.39 is 11.0 Å². The van der Waals surface area contributed by atoms with Gasteiger partial charge in [0.15, 0.2) is 0 Å². The van der Waals surface area contributed by atoms with Crippen LogP contribution in [0.25, 0.3) is 0 Å². The number of rotatable bonds is 5. The zero-order chi connectivity index (χ0) is 21.8. The number of hydrogen-bond donors (Lipinski definition) is 1. The molecular weight excluding hydrogens is 370 g/mol. The number of aryl methyl sites for hydroxylation is 1. The molecule has 1 N–H and O–H groups in total.